The smallest absolute Gasteiger partial charge is 0.338 e. The van der Waals surface area contributed by atoms with Crippen LogP contribution in [0.25, 0.3) is 0 Å². The molecular weight excluding hydrogens is 456 g/mol. The van der Waals surface area contributed by atoms with Crippen LogP contribution < -0.4 is 0 Å². The Kier molecular flexibility index (Phi) is 7.97. The van der Waals surface area contributed by atoms with Gasteiger partial charge in [-0.05, 0) is 48.9 Å². The number of amides is 1. The first kappa shape index (κ1) is 24.4. The zero-order chi connectivity index (χ0) is 24.0. The van der Waals surface area contributed by atoms with Crippen molar-refractivity contribution in [2.24, 2.45) is 5.92 Å². The van der Waals surface area contributed by atoms with E-state index in [-0.39, 0.29) is 36.1 Å². The second-order valence-electron chi connectivity index (χ2n) is 8.63. The number of morpholine rings is 1. The van der Waals surface area contributed by atoms with E-state index in [1.165, 1.54) is 34.1 Å². The van der Waals surface area contributed by atoms with Crippen LogP contribution in [0.2, 0.25) is 0 Å². The van der Waals surface area contributed by atoms with Gasteiger partial charge in [0.25, 0.3) is 5.91 Å². The van der Waals surface area contributed by atoms with Crippen LogP contribution in [-0.2, 0) is 30.7 Å². The van der Waals surface area contributed by atoms with Crippen molar-refractivity contribution < 1.29 is 27.5 Å². The highest BCUT2D eigenvalue weighted by Crippen LogP contribution is 2.22. The fraction of sp³-hybridized carbons (Fsp3) is 0.440. The number of carbonyl (C=O) groups is 2. The van der Waals surface area contributed by atoms with Gasteiger partial charge in [0.15, 0.2) is 6.61 Å². The van der Waals surface area contributed by atoms with Crippen LogP contribution in [0.3, 0.4) is 0 Å². The van der Waals surface area contributed by atoms with Crippen molar-refractivity contribution in [1.82, 2.24) is 9.21 Å². The molecule has 182 valence electrons. The Morgan fingerprint density at radius 1 is 0.941 bits per heavy atom. The predicted octanol–water partition coefficient (Wildman–Crippen LogP) is 2.35. The number of esters is 1. The summed E-state index contributed by atoms with van der Waals surface area (Å²) >= 11 is 0. The molecule has 0 aromatic heterocycles. The Balaban J connectivity index is 1.27. The van der Waals surface area contributed by atoms with Gasteiger partial charge < -0.3 is 14.4 Å². The molecule has 0 radical (unpaired) electrons. The molecule has 0 unspecified atom stereocenters. The number of likely N-dealkylation sites (tertiary alicyclic amines) is 1. The Hall–Kier alpha value is -2.75. The van der Waals surface area contributed by atoms with Gasteiger partial charge in [-0.2, -0.15) is 4.31 Å². The number of nitrogens with zero attached hydrogens (tertiary/aromatic N) is 2. The molecular formula is C25H30N2O6S. The molecule has 0 aliphatic carbocycles. The first-order chi connectivity index (χ1) is 16.4. The van der Waals surface area contributed by atoms with Crippen LogP contribution in [0.1, 0.15) is 28.8 Å². The van der Waals surface area contributed by atoms with Crippen molar-refractivity contribution in [2.45, 2.75) is 24.2 Å². The average Bonchev–Trinajstić information content (AvgIpc) is 2.88. The van der Waals surface area contributed by atoms with Crippen molar-refractivity contribution in [1.29, 1.82) is 0 Å². The standard InChI is InChI=1S/C25H30N2O6S/c28-24(26-11-9-21(10-12-26)17-20-5-2-1-3-6-20)19-33-25(29)22-7-4-8-23(18-22)34(30,31)27-13-15-32-16-14-27/h1-8,18,21H,9-17,19H2. The quantitative estimate of drug-likeness (QED) is 0.558. The minimum Gasteiger partial charge on any atom is -0.452 e. The summed E-state index contributed by atoms with van der Waals surface area (Å²) in [6, 6.07) is 16.1. The summed E-state index contributed by atoms with van der Waals surface area (Å²) in [7, 11) is -3.72. The van der Waals surface area contributed by atoms with Gasteiger partial charge in [-0.15, -0.1) is 0 Å². The number of ether oxygens (including phenoxy) is 2. The van der Waals surface area contributed by atoms with Gasteiger partial charge >= 0.3 is 5.97 Å². The van der Waals surface area contributed by atoms with Crippen molar-refractivity contribution in [3.05, 3.63) is 65.7 Å². The highest BCUT2D eigenvalue weighted by molar-refractivity contribution is 7.89. The number of rotatable bonds is 7. The largest absolute Gasteiger partial charge is 0.452 e. The molecule has 1 amide bonds. The number of benzene rings is 2. The maximum absolute atomic E-state index is 12.8. The van der Waals surface area contributed by atoms with Crippen molar-refractivity contribution in [2.75, 3.05) is 46.0 Å². The molecule has 2 aliphatic heterocycles. The molecule has 2 fully saturated rings. The maximum atomic E-state index is 12.8. The zero-order valence-electron chi connectivity index (χ0n) is 19.1. The Labute approximate surface area is 200 Å². The van der Waals surface area contributed by atoms with Crippen LogP contribution >= 0.6 is 0 Å². The molecule has 0 atom stereocenters. The molecule has 2 aromatic rings. The summed E-state index contributed by atoms with van der Waals surface area (Å²) < 4.78 is 37.4. The lowest BCUT2D eigenvalue weighted by Crippen LogP contribution is -2.41. The molecule has 0 bridgehead atoms. The maximum Gasteiger partial charge on any atom is 0.338 e. The van der Waals surface area contributed by atoms with Gasteiger partial charge in [-0.3, -0.25) is 4.79 Å². The number of sulfonamides is 1. The minimum absolute atomic E-state index is 0.0238. The van der Waals surface area contributed by atoms with Crippen LogP contribution in [0.15, 0.2) is 59.5 Å². The van der Waals surface area contributed by atoms with E-state index >= 15 is 0 Å². The fourth-order valence-electron chi connectivity index (χ4n) is 4.36. The van der Waals surface area contributed by atoms with Crippen LogP contribution in [0.5, 0.6) is 0 Å². The summed E-state index contributed by atoms with van der Waals surface area (Å²) in [6.45, 7) is 2.14. The summed E-state index contributed by atoms with van der Waals surface area (Å²) in [5.74, 6) is -0.417. The second-order valence-corrected chi connectivity index (χ2v) is 10.6. The fourth-order valence-corrected chi connectivity index (χ4v) is 5.81. The first-order valence-electron chi connectivity index (χ1n) is 11.6. The number of piperidine rings is 1. The average molecular weight is 487 g/mol. The molecule has 0 N–H and O–H groups in total. The third-order valence-corrected chi connectivity index (χ3v) is 8.23. The number of hydrogen-bond donors (Lipinski definition) is 0. The monoisotopic (exact) mass is 486 g/mol. The van der Waals surface area contributed by atoms with E-state index < -0.39 is 16.0 Å². The lowest BCUT2D eigenvalue weighted by Gasteiger charge is -2.32. The molecule has 8 nitrogen and oxygen atoms in total. The van der Waals surface area contributed by atoms with Gasteiger partial charge in [0.2, 0.25) is 10.0 Å². The molecule has 2 saturated heterocycles. The van der Waals surface area contributed by atoms with Crippen molar-refractivity contribution in [3.8, 4) is 0 Å². The Morgan fingerprint density at radius 3 is 2.35 bits per heavy atom. The number of hydrogen-bond acceptors (Lipinski definition) is 6. The van der Waals surface area contributed by atoms with E-state index in [9.17, 15) is 18.0 Å². The Bertz CT molecular complexity index is 1090. The highest BCUT2D eigenvalue weighted by Gasteiger charge is 2.28. The minimum atomic E-state index is -3.72. The summed E-state index contributed by atoms with van der Waals surface area (Å²) in [5, 5.41) is 0. The van der Waals surface area contributed by atoms with Gasteiger partial charge in [0.05, 0.1) is 23.7 Å². The van der Waals surface area contributed by atoms with E-state index in [1.807, 2.05) is 18.2 Å². The lowest BCUT2D eigenvalue weighted by atomic mass is 9.90. The third kappa shape index (κ3) is 6.02. The molecule has 2 heterocycles. The van der Waals surface area contributed by atoms with E-state index in [0.29, 0.717) is 32.2 Å². The molecule has 2 aromatic carbocycles. The van der Waals surface area contributed by atoms with E-state index in [2.05, 4.69) is 12.1 Å². The highest BCUT2D eigenvalue weighted by atomic mass is 32.2. The normalized spacial score (nSPS) is 17.9. The lowest BCUT2D eigenvalue weighted by molar-refractivity contribution is -0.135. The number of carbonyl (C=O) groups excluding carboxylic acids is 2. The Morgan fingerprint density at radius 2 is 1.65 bits per heavy atom. The third-order valence-electron chi connectivity index (χ3n) is 6.34. The van der Waals surface area contributed by atoms with Crippen molar-refractivity contribution in [3.63, 3.8) is 0 Å². The van der Waals surface area contributed by atoms with Crippen molar-refractivity contribution >= 4 is 21.9 Å². The van der Waals surface area contributed by atoms with Gasteiger partial charge in [-0.1, -0.05) is 36.4 Å². The molecule has 34 heavy (non-hydrogen) atoms. The summed E-state index contributed by atoms with van der Waals surface area (Å²) in [5.41, 5.74) is 1.41. The second kappa shape index (κ2) is 11.1. The molecule has 0 saturated carbocycles. The van der Waals surface area contributed by atoms with Gasteiger partial charge in [-0.25, -0.2) is 13.2 Å². The predicted molar refractivity (Wildman–Crippen MR) is 126 cm³/mol. The van der Waals surface area contributed by atoms with Crippen LogP contribution in [0.4, 0.5) is 0 Å². The molecule has 0 spiro atoms. The van der Waals surface area contributed by atoms with E-state index in [4.69, 9.17) is 9.47 Å². The molecule has 4 rings (SSSR count). The summed E-state index contributed by atoms with van der Waals surface area (Å²) in [6.07, 6.45) is 2.83. The SMILES string of the molecule is O=C(OCC(=O)N1CCC(Cc2ccccc2)CC1)c1cccc(S(=O)(=O)N2CCOCC2)c1. The van der Waals surface area contributed by atoms with E-state index in [1.54, 1.807) is 4.90 Å². The molecule has 9 heteroatoms. The summed E-state index contributed by atoms with van der Waals surface area (Å²) in [4.78, 5) is 26.8. The zero-order valence-corrected chi connectivity index (χ0v) is 19.9. The molecule has 2 aliphatic rings. The van der Waals surface area contributed by atoms with Crippen LogP contribution in [-0.4, -0.2) is 75.5 Å². The van der Waals surface area contributed by atoms with Gasteiger partial charge in [0.1, 0.15) is 0 Å². The van der Waals surface area contributed by atoms with E-state index in [0.717, 1.165) is 19.3 Å². The topological polar surface area (TPSA) is 93.2 Å². The first-order valence-corrected chi connectivity index (χ1v) is 13.0. The van der Waals surface area contributed by atoms with Gasteiger partial charge in [0, 0.05) is 26.2 Å². The van der Waals surface area contributed by atoms with Crippen LogP contribution in [0, 0.1) is 5.92 Å².